The van der Waals surface area contributed by atoms with Gasteiger partial charge in [0.2, 0.25) is 0 Å². The molecule has 0 atom stereocenters. The highest BCUT2D eigenvalue weighted by molar-refractivity contribution is 6.30. The largest absolute Gasteiger partial charge is 0.315 e. The molecule has 1 aliphatic rings. The van der Waals surface area contributed by atoms with E-state index in [9.17, 15) is 0 Å². The number of hydrogen-bond donors (Lipinski definition) is 0. The Balaban J connectivity index is 1.72. The van der Waals surface area contributed by atoms with Gasteiger partial charge in [-0.2, -0.15) is 0 Å². The Morgan fingerprint density at radius 2 is 1.72 bits per heavy atom. The first-order valence-electron chi connectivity index (χ1n) is 8.30. The molecule has 4 aromatic rings. The van der Waals surface area contributed by atoms with E-state index in [1.165, 1.54) is 16.3 Å². The monoisotopic (exact) mass is 342 g/mol. The third kappa shape index (κ3) is 2.38. The topological polar surface area (TPSA) is 17.3 Å². The lowest BCUT2D eigenvalue weighted by Crippen LogP contribution is -2.08. The summed E-state index contributed by atoms with van der Waals surface area (Å²) in [5.41, 5.74) is 5.53. The summed E-state index contributed by atoms with van der Waals surface area (Å²) in [6.45, 7) is 0.649. The van der Waals surface area contributed by atoms with Crippen LogP contribution in [0.3, 0.4) is 0 Å². The molecule has 2 nitrogen and oxygen atoms in total. The number of aromatic nitrogens is 1. The fourth-order valence-electron chi connectivity index (χ4n) is 3.50. The number of rotatable bonds is 1. The zero-order valence-electron chi connectivity index (χ0n) is 13.5. The van der Waals surface area contributed by atoms with Gasteiger partial charge in [-0.3, -0.25) is 4.99 Å². The lowest BCUT2D eigenvalue weighted by atomic mass is 10.0. The Bertz CT molecular complexity index is 1140. The van der Waals surface area contributed by atoms with Gasteiger partial charge in [-0.05, 0) is 46.7 Å². The van der Waals surface area contributed by atoms with Gasteiger partial charge < -0.3 is 4.57 Å². The molecule has 1 aliphatic heterocycles. The molecule has 25 heavy (non-hydrogen) atoms. The van der Waals surface area contributed by atoms with Crippen LogP contribution in [0.1, 0.15) is 16.8 Å². The fraction of sp³-hybridized carbons (Fsp3) is 0.0455. The minimum atomic E-state index is 0.649. The van der Waals surface area contributed by atoms with Crippen LogP contribution >= 0.6 is 11.6 Å². The number of halogens is 1. The molecule has 5 rings (SSSR count). The van der Waals surface area contributed by atoms with Crippen molar-refractivity contribution in [3.63, 3.8) is 0 Å². The minimum Gasteiger partial charge on any atom is -0.315 e. The molecule has 0 saturated heterocycles. The van der Waals surface area contributed by atoms with Crippen molar-refractivity contribution < 1.29 is 0 Å². The normalized spacial score (nSPS) is 13.1. The summed E-state index contributed by atoms with van der Waals surface area (Å²) >= 11 is 6.23. The third-order valence-electron chi connectivity index (χ3n) is 4.73. The van der Waals surface area contributed by atoms with Crippen LogP contribution in [-0.4, -0.2) is 10.3 Å². The molecular weight excluding hydrogens is 328 g/mol. The quantitative estimate of drug-likeness (QED) is 0.426. The van der Waals surface area contributed by atoms with Crippen LogP contribution in [0, 0.1) is 0 Å². The molecule has 0 bridgehead atoms. The molecule has 3 heteroatoms. The van der Waals surface area contributed by atoms with Crippen LogP contribution in [0.4, 0.5) is 0 Å². The highest BCUT2D eigenvalue weighted by Gasteiger charge is 2.18. The van der Waals surface area contributed by atoms with Crippen molar-refractivity contribution in [2.24, 2.45) is 4.99 Å². The van der Waals surface area contributed by atoms with Gasteiger partial charge in [0, 0.05) is 16.8 Å². The summed E-state index contributed by atoms with van der Waals surface area (Å²) in [4.78, 5) is 4.94. The van der Waals surface area contributed by atoms with Gasteiger partial charge in [0.05, 0.1) is 23.6 Å². The van der Waals surface area contributed by atoms with Crippen LogP contribution in [-0.2, 0) is 6.54 Å². The van der Waals surface area contributed by atoms with E-state index in [1.807, 2.05) is 12.1 Å². The lowest BCUT2D eigenvalue weighted by Gasteiger charge is -2.11. The molecule has 1 aromatic heterocycles. The molecule has 0 fully saturated rings. The van der Waals surface area contributed by atoms with Gasteiger partial charge >= 0.3 is 0 Å². The third-order valence-corrected chi connectivity index (χ3v) is 4.96. The number of aliphatic imine (C=N–C) groups is 1. The second-order valence-electron chi connectivity index (χ2n) is 6.26. The second-order valence-corrected chi connectivity index (χ2v) is 6.70. The molecule has 0 amide bonds. The Labute approximate surface area is 151 Å². The highest BCUT2D eigenvalue weighted by atomic mass is 35.5. The van der Waals surface area contributed by atoms with Gasteiger partial charge in [-0.1, -0.05) is 54.1 Å². The van der Waals surface area contributed by atoms with E-state index in [1.54, 1.807) is 0 Å². The van der Waals surface area contributed by atoms with Crippen molar-refractivity contribution in [2.75, 3.05) is 0 Å². The predicted octanol–water partition coefficient (Wildman–Crippen LogP) is 5.63. The predicted molar refractivity (Wildman–Crippen MR) is 104 cm³/mol. The van der Waals surface area contributed by atoms with Crippen LogP contribution in [0.5, 0.6) is 0 Å². The summed E-state index contributed by atoms with van der Waals surface area (Å²) in [5.74, 6) is 0. The van der Waals surface area contributed by atoms with E-state index in [0.29, 0.717) is 6.54 Å². The standard InChI is InChI=1S/C22H15ClN2/c23-19-10-9-18-14-24-22(20-6-3-11-25(20)21(18)13-19)17-8-7-15-4-1-2-5-16(15)12-17/h1-13H,14H2. The number of hydrogen-bond acceptors (Lipinski definition) is 1. The maximum Gasteiger partial charge on any atom is 0.0891 e. The molecule has 0 N–H and O–H groups in total. The van der Waals surface area contributed by atoms with E-state index in [2.05, 4.69) is 71.4 Å². The van der Waals surface area contributed by atoms with Gasteiger partial charge in [0.25, 0.3) is 0 Å². The lowest BCUT2D eigenvalue weighted by molar-refractivity contribution is 1.02. The van der Waals surface area contributed by atoms with Crippen molar-refractivity contribution in [3.8, 4) is 5.69 Å². The molecule has 2 heterocycles. The molecule has 0 spiro atoms. The average Bonchev–Trinajstić information content (AvgIpc) is 3.07. The summed E-state index contributed by atoms with van der Waals surface area (Å²) in [5, 5.41) is 3.21. The van der Waals surface area contributed by atoms with E-state index >= 15 is 0 Å². The number of fused-ring (bicyclic) bond motifs is 4. The zero-order chi connectivity index (χ0) is 16.8. The first-order valence-corrected chi connectivity index (χ1v) is 8.67. The Morgan fingerprint density at radius 1 is 0.840 bits per heavy atom. The minimum absolute atomic E-state index is 0.649. The Kier molecular flexibility index (Phi) is 3.25. The SMILES string of the molecule is Clc1ccc2c(c1)-n1cccc1C(c1ccc3ccccc3c1)=NC2. The molecule has 120 valence electrons. The summed E-state index contributed by atoms with van der Waals surface area (Å²) in [7, 11) is 0. The average molecular weight is 343 g/mol. The van der Waals surface area contributed by atoms with E-state index in [0.717, 1.165) is 27.7 Å². The van der Waals surface area contributed by atoms with Gasteiger partial charge in [0.1, 0.15) is 0 Å². The summed E-state index contributed by atoms with van der Waals surface area (Å²) in [6.07, 6.45) is 2.08. The first kappa shape index (κ1) is 14.5. The molecule has 0 unspecified atom stereocenters. The Hall–Kier alpha value is -2.84. The summed E-state index contributed by atoms with van der Waals surface area (Å²) < 4.78 is 2.18. The maximum atomic E-state index is 6.23. The van der Waals surface area contributed by atoms with Crippen molar-refractivity contribution >= 4 is 28.1 Å². The highest BCUT2D eigenvalue weighted by Crippen LogP contribution is 2.28. The van der Waals surface area contributed by atoms with E-state index < -0.39 is 0 Å². The van der Waals surface area contributed by atoms with Crippen molar-refractivity contribution in [1.82, 2.24) is 4.57 Å². The van der Waals surface area contributed by atoms with Crippen LogP contribution in [0.2, 0.25) is 5.02 Å². The number of nitrogens with zero attached hydrogens (tertiary/aromatic N) is 2. The molecule has 0 saturated carbocycles. The maximum absolute atomic E-state index is 6.23. The Morgan fingerprint density at radius 3 is 2.64 bits per heavy atom. The van der Waals surface area contributed by atoms with E-state index in [-0.39, 0.29) is 0 Å². The van der Waals surface area contributed by atoms with Crippen LogP contribution < -0.4 is 0 Å². The van der Waals surface area contributed by atoms with Crippen molar-refractivity contribution in [2.45, 2.75) is 6.54 Å². The molecule has 0 radical (unpaired) electrons. The molecule has 0 aliphatic carbocycles. The molecule has 3 aromatic carbocycles. The van der Waals surface area contributed by atoms with E-state index in [4.69, 9.17) is 16.6 Å². The first-order chi connectivity index (χ1) is 12.3. The zero-order valence-corrected chi connectivity index (χ0v) is 14.2. The second kappa shape index (κ2) is 5.61. The van der Waals surface area contributed by atoms with Crippen LogP contribution in [0.25, 0.3) is 16.5 Å². The fourth-order valence-corrected chi connectivity index (χ4v) is 3.67. The van der Waals surface area contributed by atoms with Crippen LogP contribution in [0.15, 0.2) is 84.0 Å². The van der Waals surface area contributed by atoms with Gasteiger partial charge in [-0.15, -0.1) is 0 Å². The van der Waals surface area contributed by atoms with Gasteiger partial charge in [-0.25, -0.2) is 0 Å². The summed E-state index contributed by atoms with van der Waals surface area (Å²) in [6, 6.07) is 25.1. The molecular formula is C22H15ClN2. The number of benzene rings is 3. The van der Waals surface area contributed by atoms with Gasteiger partial charge in [0.15, 0.2) is 0 Å². The van der Waals surface area contributed by atoms with Crippen molar-refractivity contribution in [1.29, 1.82) is 0 Å². The smallest absolute Gasteiger partial charge is 0.0891 e. The van der Waals surface area contributed by atoms with Crippen molar-refractivity contribution in [3.05, 3.63) is 101 Å².